The molecular weight excluding hydrogens is 436 g/mol. The Bertz CT molecular complexity index is 1230. The van der Waals surface area contributed by atoms with Crippen LogP contribution in [0, 0.1) is 0 Å². The van der Waals surface area contributed by atoms with Crippen molar-refractivity contribution >= 4 is 16.9 Å². The molecule has 0 unspecified atom stereocenters. The summed E-state index contributed by atoms with van der Waals surface area (Å²) in [4.78, 5) is 21.2. The predicted octanol–water partition coefficient (Wildman–Crippen LogP) is 5.78. The van der Waals surface area contributed by atoms with Gasteiger partial charge in [-0.15, -0.1) is 0 Å². The summed E-state index contributed by atoms with van der Waals surface area (Å²) >= 11 is 0. The van der Waals surface area contributed by atoms with E-state index in [1.165, 1.54) is 5.56 Å². The van der Waals surface area contributed by atoms with E-state index in [1.807, 2.05) is 18.2 Å². The van der Waals surface area contributed by atoms with Crippen molar-refractivity contribution in [2.24, 2.45) is 0 Å². The van der Waals surface area contributed by atoms with Gasteiger partial charge in [-0.2, -0.15) is 0 Å². The van der Waals surface area contributed by atoms with Crippen LogP contribution in [-0.2, 0) is 13.0 Å². The molecule has 1 amide bonds. The third-order valence-corrected chi connectivity index (χ3v) is 6.07. The number of imidazole rings is 1. The fraction of sp³-hybridized carbons (Fsp3) is 0.345. The Morgan fingerprint density at radius 1 is 0.971 bits per heavy atom. The van der Waals surface area contributed by atoms with Crippen LogP contribution in [0.2, 0.25) is 0 Å². The summed E-state index contributed by atoms with van der Waals surface area (Å²) < 4.78 is 8.42. The van der Waals surface area contributed by atoms with Crippen molar-refractivity contribution in [1.29, 1.82) is 0 Å². The third-order valence-electron chi connectivity index (χ3n) is 6.07. The molecule has 35 heavy (non-hydrogen) atoms. The monoisotopic (exact) mass is 470 g/mol. The van der Waals surface area contributed by atoms with Gasteiger partial charge in [0.05, 0.1) is 17.6 Å². The number of amides is 1. The molecular formula is C29H34N4O2. The van der Waals surface area contributed by atoms with Gasteiger partial charge in [0.25, 0.3) is 5.91 Å². The Balaban J connectivity index is 1.30. The summed E-state index contributed by atoms with van der Waals surface area (Å²) in [6, 6.07) is 21.9. The number of carbonyl (C=O) groups excluding carboxylic acids is 1. The molecule has 6 nitrogen and oxygen atoms in total. The molecule has 0 aliphatic rings. The van der Waals surface area contributed by atoms with Gasteiger partial charge in [0.1, 0.15) is 17.3 Å². The smallest absolute Gasteiger partial charge is 0.269 e. The Hall–Kier alpha value is -3.67. The number of unbranched alkanes of at least 4 members (excludes halogenated alkanes) is 1. The predicted molar refractivity (Wildman–Crippen MR) is 140 cm³/mol. The van der Waals surface area contributed by atoms with Gasteiger partial charge in [-0.05, 0) is 61.1 Å². The first-order chi connectivity index (χ1) is 17.1. The zero-order chi connectivity index (χ0) is 24.5. The normalized spacial score (nSPS) is 11.2. The highest BCUT2D eigenvalue weighted by molar-refractivity contribution is 5.92. The van der Waals surface area contributed by atoms with Crippen LogP contribution in [0.4, 0.5) is 0 Å². The molecule has 0 spiro atoms. The molecule has 6 heteroatoms. The molecule has 0 saturated carbocycles. The molecule has 4 rings (SSSR count). The number of aromatic nitrogens is 3. The molecule has 0 fully saturated rings. The van der Waals surface area contributed by atoms with E-state index in [4.69, 9.17) is 9.72 Å². The van der Waals surface area contributed by atoms with Gasteiger partial charge in [-0.3, -0.25) is 9.78 Å². The van der Waals surface area contributed by atoms with E-state index in [0.29, 0.717) is 24.8 Å². The first-order valence-corrected chi connectivity index (χ1v) is 12.5. The molecule has 182 valence electrons. The quantitative estimate of drug-likeness (QED) is 0.267. The lowest BCUT2D eigenvalue weighted by Crippen LogP contribution is -2.25. The maximum absolute atomic E-state index is 12.2. The van der Waals surface area contributed by atoms with E-state index in [2.05, 4.69) is 65.1 Å². The number of hydrogen-bond acceptors (Lipinski definition) is 4. The summed E-state index contributed by atoms with van der Waals surface area (Å²) in [5.41, 5.74) is 3.87. The Labute approximate surface area is 207 Å². The third kappa shape index (κ3) is 6.47. The van der Waals surface area contributed by atoms with Gasteiger partial charge in [-0.25, -0.2) is 4.98 Å². The highest BCUT2D eigenvalue weighted by atomic mass is 16.5. The van der Waals surface area contributed by atoms with Crippen molar-refractivity contribution in [3.63, 3.8) is 0 Å². The lowest BCUT2D eigenvalue weighted by atomic mass is 10.0. The molecule has 2 heterocycles. The molecule has 0 saturated heterocycles. The van der Waals surface area contributed by atoms with E-state index in [1.54, 1.807) is 18.3 Å². The van der Waals surface area contributed by atoms with Crippen LogP contribution >= 0.6 is 0 Å². The number of fused-ring (bicyclic) bond motifs is 1. The van der Waals surface area contributed by atoms with Crippen molar-refractivity contribution in [3.8, 4) is 5.75 Å². The van der Waals surface area contributed by atoms with Crippen LogP contribution in [0.1, 0.15) is 60.9 Å². The van der Waals surface area contributed by atoms with Crippen molar-refractivity contribution in [2.75, 3.05) is 13.2 Å². The summed E-state index contributed by atoms with van der Waals surface area (Å²) in [5.74, 6) is 2.35. The minimum Gasteiger partial charge on any atom is -0.493 e. The van der Waals surface area contributed by atoms with Gasteiger partial charge >= 0.3 is 0 Å². The molecule has 1 N–H and O–H groups in total. The standard InChI is InChI=1S/C29H34N4O2/c1-22(2)23-12-3-6-16-27(23)35-21-10-9-20-33-26-15-5-4-13-24(26)32-28(33)17-11-19-31-29(34)25-14-7-8-18-30-25/h3-8,12-16,18,22H,9-11,17,19-21H2,1-2H3,(H,31,34). The number of nitrogens with zero attached hydrogens (tertiary/aromatic N) is 3. The summed E-state index contributed by atoms with van der Waals surface area (Å²) in [5, 5.41) is 2.96. The highest BCUT2D eigenvalue weighted by Gasteiger charge is 2.11. The van der Waals surface area contributed by atoms with Crippen LogP contribution < -0.4 is 10.1 Å². The van der Waals surface area contributed by atoms with Crippen molar-refractivity contribution in [2.45, 2.75) is 52.0 Å². The van der Waals surface area contributed by atoms with Gasteiger partial charge in [0.2, 0.25) is 0 Å². The maximum Gasteiger partial charge on any atom is 0.269 e. The van der Waals surface area contributed by atoms with Crippen LogP contribution in [0.3, 0.4) is 0 Å². The summed E-state index contributed by atoms with van der Waals surface area (Å²) in [6.45, 7) is 6.56. The first-order valence-electron chi connectivity index (χ1n) is 12.5. The van der Waals surface area contributed by atoms with E-state index in [0.717, 1.165) is 54.8 Å². The first kappa shape index (κ1) is 24.5. The zero-order valence-electron chi connectivity index (χ0n) is 20.6. The zero-order valence-corrected chi connectivity index (χ0v) is 20.6. The summed E-state index contributed by atoms with van der Waals surface area (Å²) in [7, 11) is 0. The number of ether oxygens (including phenoxy) is 1. The van der Waals surface area contributed by atoms with E-state index in [-0.39, 0.29) is 5.91 Å². The van der Waals surface area contributed by atoms with E-state index in [9.17, 15) is 4.79 Å². The number of pyridine rings is 1. The fourth-order valence-electron chi connectivity index (χ4n) is 4.24. The Kier molecular flexibility index (Phi) is 8.49. The second-order valence-corrected chi connectivity index (χ2v) is 8.99. The van der Waals surface area contributed by atoms with E-state index >= 15 is 0 Å². The molecule has 2 aromatic heterocycles. The van der Waals surface area contributed by atoms with Gasteiger partial charge in [0.15, 0.2) is 0 Å². The summed E-state index contributed by atoms with van der Waals surface area (Å²) in [6.07, 6.45) is 5.23. The second-order valence-electron chi connectivity index (χ2n) is 8.99. The van der Waals surface area contributed by atoms with Crippen molar-refractivity contribution in [3.05, 3.63) is 90.0 Å². The van der Waals surface area contributed by atoms with Crippen LogP contribution in [0.25, 0.3) is 11.0 Å². The second kappa shape index (κ2) is 12.2. The largest absolute Gasteiger partial charge is 0.493 e. The lowest BCUT2D eigenvalue weighted by molar-refractivity contribution is 0.0948. The minimum absolute atomic E-state index is 0.141. The van der Waals surface area contributed by atoms with Crippen LogP contribution in [0.5, 0.6) is 5.75 Å². The number of aryl methyl sites for hydroxylation is 2. The van der Waals surface area contributed by atoms with Gasteiger partial charge in [-0.1, -0.05) is 50.2 Å². The number of benzene rings is 2. The minimum atomic E-state index is -0.141. The molecule has 0 radical (unpaired) electrons. The maximum atomic E-state index is 12.2. The molecule has 0 aliphatic carbocycles. The molecule has 4 aromatic rings. The number of carbonyl (C=O) groups is 1. The molecule has 0 aliphatic heterocycles. The van der Waals surface area contributed by atoms with Crippen LogP contribution in [-0.4, -0.2) is 33.6 Å². The highest BCUT2D eigenvalue weighted by Crippen LogP contribution is 2.26. The number of rotatable bonds is 12. The Morgan fingerprint density at radius 2 is 1.77 bits per heavy atom. The molecule has 0 atom stereocenters. The number of para-hydroxylation sites is 3. The molecule has 0 bridgehead atoms. The number of hydrogen-bond donors (Lipinski definition) is 1. The Morgan fingerprint density at radius 3 is 2.60 bits per heavy atom. The lowest BCUT2D eigenvalue weighted by Gasteiger charge is -2.14. The van der Waals surface area contributed by atoms with Crippen molar-refractivity contribution < 1.29 is 9.53 Å². The van der Waals surface area contributed by atoms with Crippen LogP contribution in [0.15, 0.2) is 72.9 Å². The average molecular weight is 471 g/mol. The fourth-order valence-corrected chi connectivity index (χ4v) is 4.24. The van der Waals surface area contributed by atoms with Gasteiger partial charge < -0.3 is 14.6 Å². The van der Waals surface area contributed by atoms with E-state index < -0.39 is 0 Å². The topological polar surface area (TPSA) is 69.0 Å². The van der Waals surface area contributed by atoms with Gasteiger partial charge in [0, 0.05) is 25.7 Å². The average Bonchev–Trinajstić information content (AvgIpc) is 3.24. The SMILES string of the molecule is CC(C)c1ccccc1OCCCCn1c(CCCNC(=O)c2ccccn2)nc2ccccc21. The number of nitrogens with one attached hydrogen (secondary N) is 1. The van der Waals surface area contributed by atoms with Crippen molar-refractivity contribution in [1.82, 2.24) is 19.9 Å². The molecule has 2 aromatic carbocycles.